The highest BCUT2D eigenvalue weighted by Crippen LogP contribution is 2.39. The second-order valence-corrected chi connectivity index (χ2v) is 12.3. The number of anilines is 4. The third kappa shape index (κ3) is 7.11. The highest BCUT2D eigenvalue weighted by Gasteiger charge is 2.22. The van der Waals surface area contributed by atoms with Crippen molar-refractivity contribution in [1.82, 2.24) is 15.0 Å². The van der Waals surface area contributed by atoms with Crippen molar-refractivity contribution >= 4 is 49.8 Å². The lowest BCUT2D eigenvalue weighted by Crippen LogP contribution is -2.22. The summed E-state index contributed by atoms with van der Waals surface area (Å²) in [6, 6.07) is 13.9. The first-order valence-corrected chi connectivity index (χ1v) is 14.5. The minimum atomic E-state index is -3.61. The van der Waals surface area contributed by atoms with Gasteiger partial charge in [0.25, 0.3) is 0 Å². The molecule has 216 valence electrons. The minimum absolute atomic E-state index is 0.136. The summed E-state index contributed by atoms with van der Waals surface area (Å²) < 4.78 is 38.0. The summed E-state index contributed by atoms with van der Waals surface area (Å²) in [6.45, 7) is 5.95. The molecular weight excluding hydrogens is 546 g/mol. The summed E-state index contributed by atoms with van der Waals surface area (Å²) in [4.78, 5) is 27.5. The third-order valence-corrected chi connectivity index (χ3v) is 6.56. The van der Waals surface area contributed by atoms with Crippen molar-refractivity contribution in [3.63, 3.8) is 0 Å². The van der Waals surface area contributed by atoms with E-state index in [1.54, 1.807) is 29.2 Å². The Labute approximate surface area is 239 Å². The predicted molar refractivity (Wildman–Crippen MR) is 161 cm³/mol. The number of urea groups is 1. The number of hydrogen-bond donors (Lipinski definition) is 3. The molecule has 41 heavy (non-hydrogen) atoms. The van der Waals surface area contributed by atoms with Crippen LogP contribution in [-0.4, -0.2) is 56.9 Å². The van der Waals surface area contributed by atoms with Crippen LogP contribution in [0.2, 0.25) is 0 Å². The van der Waals surface area contributed by atoms with E-state index in [0.717, 1.165) is 22.6 Å². The number of hydrogen-bond acceptors (Lipinski definition) is 9. The Morgan fingerprint density at radius 1 is 0.927 bits per heavy atom. The van der Waals surface area contributed by atoms with E-state index in [2.05, 4.69) is 30.3 Å². The van der Waals surface area contributed by atoms with Gasteiger partial charge in [0.1, 0.15) is 12.1 Å². The Bertz CT molecular complexity index is 1700. The zero-order valence-corrected chi connectivity index (χ0v) is 24.8. The zero-order chi connectivity index (χ0) is 29.9. The molecule has 2 amide bonds. The highest BCUT2D eigenvalue weighted by molar-refractivity contribution is 7.92. The van der Waals surface area contributed by atoms with Crippen LogP contribution in [0.1, 0.15) is 26.3 Å². The van der Waals surface area contributed by atoms with Gasteiger partial charge in [-0.15, -0.1) is 0 Å². The van der Waals surface area contributed by atoms with E-state index in [1.807, 2.05) is 59.1 Å². The van der Waals surface area contributed by atoms with Crippen LogP contribution in [0.4, 0.5) is 27.8 Å². The Hall–Kier alpha value is -4.65. The number of nitrogens with one attached hydrogen (secondary N) is 3. The van der Waals surface area contributed by atoms with E-state index in [0.29, 0.717) is 23.1 Å². The molecule has 1 heterocycles. The van der Waals surface area contributed by atoms with Crippen LogP contribution in [0.15, 0.2) is 54.9 Å². The molecule has 13 heteroatoms. The lowest BCUT2D eigenvalue weighted by atomic mass is 9.86. The van der Waals surface area contributed by atoms with Crippen LogP contribution < -0.4 is 29.7 Å². The number of ether oxygens (including phenoxy) is 2. The fourth-order valence-corrected chi connectivity index (χ4v) is 4.58. The maximum atomic E-state index is 13.2. The van der Waals surface area contributed by atoms with Crippen molar-refractivity contribution in [2.75, 3.05) is 47.7 Å². The van der Waals surface area contributed by atoms with Crippen molar-refractivity contribution in [3.8, 4) is 17.5 Å². The summed E-state index contributed by atoms with van der Waals surface area (Å²) in [6.07, 6.45) is 2.43. The Morgan fingerprint density at radius 2 is 1.59 bits per heavy atom. The van der Waals surface area contributed by atoms with Gasteiger partial charge in [0.15, 0.2) is 5.75 Å². The molecule has 0 radical (unpaired) electrons. The molecule has 0 saturated carbocycles. The molecule has 0 saturated heterocycles. The standard InChI is InChI=1S/C28H33N7O5S/c1-28(2,3)17-14-21(24(39-6)22(15-17)34-41(7,37)38)32-26(36)31-20-12-13-23(19-11-9-8-10-18(19)20)40-27-30-16-29-25(33-27)35(4)5/h8-16,34H,1-7H3,(H2,31,32,36). The van der Waals surface area contributed by atoms with Crippen LogP contribution in [0, 0.1) is 0 Å². The van der Waals surface area contributed by atoms with Gasteiger partial charge in [-0.05, 0) is 35.2 Å². The first kappa shape index (κ1) is 29.3. The van der Waals surface area contributed by atoms with Crippen LogP contribution >= 0.6 is 0 Å². The van der Waals surface area contributed by atoms with E-state index in [1.165, 1.54) is 13.4 Å². The number of sulfonamides is 1. The number of fused-ring (bicyclic) bond motifs is 1. The van der Waals surface area contributed by atoms with E-state index in [-0.39, 0.29) is 22.9 Å². The summed E-state index contributed by atoms with van der Waals surface area (Å²) in [7, 11) is 1.43. The van der Waals surface area contributed by atoms with Gasteiger partial charge in [0, 0.05) is 24.9 Å². The minimum Gasteiger partial charge on any atom is -0.492 e. The molecule has 0 bridgehead atoms. The van der Waals surface area contributed by atoms with Crippen molar-refractivity contribution in [2.24, 2.45) is 0 Å². The molecule has 0 spiro atoms. The van der Waals surface area contributed by atoms with Gasteiger partial charge in [0.2, 0.25) is 16.0 Å². The van der Waals surface area contributed by atoms with E-state index in [9.17, 15) is 13.2 Å². The predicted octanol–water partition coefficient (Wildman–Crippen LogP) is 5.20. The smallest absolute Gasteiger partial charge is 0.326 e. The molecule has 0 aliphatic carbocycles. The van der Waals surface area contributed by atoms with Gasteiger partial charge in [0.05, 0.1) is 30.4 Å². The van der Waals surface area contributed by atoms with Gasteiger partial charge in [-0.3, -0.25) is 4.72 Å². The first-order valence-electron chi connectivity index (χ1n) is 12.6. The first-order chi connectivity index (χ1) is 19.2. The van der Waals surface area contributed by atoms with E-state index in [4.69, 9.17) is 9.47 Å². The lowest BCUT2D eigenvalue weighted by molar-refractivity contribution is 0.262. The number of aromatic nitrogens is 3. The lowest BCUT2D eigenvalue weighted by Gasteiger charge is -2.24. The van der Waals surface area contributed by atoms with Crippen LogP contribution in [0.3, 0.4) is 0 Å². The van der Waals surface area contributed by atoms with Crippen molar-refractivity contribution in [2.45, 2.75) is 26.2 Å². The highest BCUT2D eigenvalue weighted by atomic mass is 32.2. The Morgan fingerprint density at radius 3 is 2.22 bits per heavy atom. The van der Waals surface area contributed by atoms with Crippen LogP contribution in [0.25, 0.3) is 10.8 Å². The number of carbonyl (C=O) groups excluding carboxylic acids is 1. The quantitative estimate of drug-likeness (QED) is 0.256. The second kappa shape index (κ2) is 11.5. The molecule has 3 aromatic carbocycles. The van der Waals surface area contributed by atoms with Gasteiger partial charge in [-0.1, -0.05) is 45.0 Å². The average molecular weight is 580 g/mol. The summed E-state index contributed by atoms with van der Waals surface area (Å²) in [5.41, 5.74) is 1.50. The largest absolute Gasteiger partial charge is 0.492 e. The number of rotatable bonds is 8. The van der Waals surface area contributed by atoms with Gasteiger partial charge < -0.3 is 25.0 Å². The SMILES string of the molecule is COc1c(NC(=O)Nc2ccc(Oc3ncnc(N(C)C)n3)c3ccccc23)cc(C(C)(C)C)cc1NS(C)(=O)=O. The molecule has 0 fully saturated rings. The summed E-state index contributed by atoms with van der Waals surface area (Å²) >= 11 is 0. The molecule has 3 N–H and O–H groups in total. The number of carbonyl (C=O) groups is 1. The van der Waals surface area contributed by atoms with Crippen LogP contribution in [0.5, 0.6) is 17.5 Å². The van der Waals surface area contributed by atoms with E-state index < -0.39 is 16.1 Å². The Kier molecular flexibility index (Phi) is 8.19. The van der Waals surface area contributed by atoms with Gasteiger partial charge >= 0.3 is 12.0 Å². The molecule has 1 aromatic heterocycles. The Balaban J connectivity index is 1.65. The molecular formula is C28H33N7O5S. The fraction of sp³-hybridized carbons (Fsp3) is 0.286. The molecule has 0 atom stereocenters. The maximum absolute atomic E-state index is 13.2. The number of benzene rings is 3. The molecule has 4 rings (SSSR count). The normalized spacial score (nSPS) is 11.6. The van der Waals surface area contributed by atoms with E-state index >= 15 is 0 Å². The van der Waals surface area contributed by atoms with Crippen molar-refractivity contribution in [3.05, 3.63) is 60.4 Å². The molecule has 0 aliphatic rings. The van der Waals surface area contributed by atoms with Gasteiger partial charge in [-0.2, -0.15) is 9.97 Å². The topological polar surface area (TPSA) is 148 Å². The second-order valence-electron chi connectivity index (χ2n) is 10.5. The van der Waals surface area contributed by atoms with Gasteiger partial charge in [-0.25, -0.2) is 18.2 Å². The van der Waals surface area contributed by atoms with Crippen molar-refractivity contribution < 1.29 is 22.7 Å². The average Bonchev–Trinajstić information content (AvgIpc) is 2.88. The molecule has 12 nitrogen and oxygen atoms in total. The van der Waals surface area contributed by atoms with Crippen molar-refractivity contribution in [1.29, 1.82) is 0 Å². The number of methoxy groups -OCH3 is 1. The van der Waals surface area contributed by atoms with Crippen LogP contribution in [-0.2, 0) is 15.4 Å². The summed E-state index contributed by atoms with van der Waals surface area (Å²) in [5, 5.41) is 7.14. The monoisotopic (exact) mass is 579 g/mol. The maximum Gasteiger partial charge on any atom is 0.326 e. The fourth-order valence-electron chi connectivity index (χ4n) is 4.03. The number of amides is 2. The number of nitrogens with zero attached hydrogens (tertiary/aromatic N) is 4. The third-order valence-electron chi connectivity index (χ3n) is 5.97. The zero-order valence-electron chi connectivity index (χ0n) is 23.9. The molecule has 0 unspecified atom stereocenters. The molecule has 4 aromatic rings. The molecule has 0 aliphatic heterocycles. The summed E-state index contributed by atoms with van der Waals surface area (Å²) in [5.74, 6) is 1.13.